The fourth-order valence-corrected chi connectivity index (χ4v) is 1.92. The lowest BCUT2D eigenvalue weighted by molar-refractivity contribution is 0.0745. The molecule has 1 atom stereocenters. The summed E-state index contributed by atoms with van der Waals surface area (Å²) in [6.07, 6.45) is 5.42. The van der Waals surface area contributed by atoms with Crippen molar-refractivity contribution in [1.29, 1.82) is 0 Å². The van der Waals surface area contributed by atoms with Gasteiger partial charge < -0.3 is 15.0 Å². The highest BCUT2D eigenvalue weighted by atomic mass is 16.5. The van der Waals surface area contributed by atoms with Crippen molar-refractivity contribution in [3.05, 3.63) is 36.5 Å². The zero-order valence-electron chi connectivity index (χ0n) is 9.39. The molecule has 0 spiro atoms. The maximum atomic E-state index is 5.42. The van der Waals surface area contributed by atoms with E-state index in [-0.39, 0.29) is 6.04 Å². The molecule has 5 nitrogen and oxygen atoms in total. The zero-order valence-corrected chi connectivity index (χ0v) is 9.39. The van der Waals surface area contributed by atoms with Crippen LogP contribution in [0.2, 0.25) is 0 Å². The van der Waals surface area contributed by atoms with E-state index in [1.807, 2.05) is 24.5 Å². The number of aromatic nitrogens is 3. The van der Waals surface area contributed by atoms with E-state index in [9.17, 15) is 0 Å². The number of H-pyrrole nitrogens is 1. The maximum Gasteiger partial charge on any atom is 0.126 e. The van der Waals surface area contributed by atoms with Gasteiger partial charge in [-0.1, -0.05) is 0 Å². The average Bonchev–Trinajstić information content (AvgIpc) is 2.90. The Bertz CT molecular complexity index is 476. The van der Waals surface area contributed by atoms with Crippen LogP contribution in [0.5, 0.6) is 0 Å². The number of rotatable bonds is 2. The van der Waals surface area contributed by atoms with Gasteiger partial charge in [-0.25, -0.2) is 4.98 Å². The normalized spacial score (nSPS) is 20.4. The topological polar surface area (TPSA) is 62.8 Å². The van der Waals surface area contributed by atoms with Gasteiger partial charge in [-0.3, -0.25) is 4.98 Å². The van der Waals surface area contributed by atoms with Gasteiger partial charge in [0.05, 0.1) is 31.1 Å². The van der Waals surface area contributed by atoms with E-state index in [1.165, 1.54) is 0 Å². The highest BCUT2D eigenvalue weighted by molar-refractivity contribution is 5.56. The lowest BCUT2D eigenvalue weighted by atomic mass is 10.2. The second-order valence-corrected chi connectivity index (χ2v) is 4.01. The summed E-state index contributed by atoms with van der Waals surface area (Å²) in [6, 6.07) is 4.08. The lowest BCUT2D eigenvalue weighted by Crippen LogP contribution is -2.35. The van der Waals surface area contributed by atoms with Crippen LogP contribution in [0, 0.1) is 0 Å². The molecule has 1 unspecified atom stereocenters. The maximum absolute atomic E-state index is 5.42. The van der Waals surface area contributed by atoms with Gasteiger partial charge in [-0.15, -0.1) is 0 Å². The van der Waals surface area contributed by atoms with Crippen LogP contribution in [-0.2, 0) is 4.74 Å². The molecule has 1 aliphatic heterocycles. The van der Waals surface area contributed by atoms with Crippen LogP contribution in [0.25, 0.3) is 11.3 Å². The first-order valence-corrected chi connectivity index (χ1v) is 5.70. The van der Waals surface area contributed by atoms with E-state index in [0.717, 1.165) is 30.2 Å². The molecule has 1 saturated heterocycles. The van der Waals surface area contributed by atoms with Crippen LogP contribution >= 0.6 is 0 Å². The molecule has 0 aliphatic carbocycles. The predicted octanol–water partition coefficient (Wildman–Crippen LogP) is 1.13. The van der Waals surface area contributed by atoms with Gasteiger partial charge in [0.1, 0.15) is 5.82 Å². The highest BCUT2D eigenvalue weighted by Crippen LogP contribution is 2.19. The van der Waals surface area contributed by atoms with E-state index in [2.05, 4.69) is 20.3 Å². The Kier molecular flexibility index (Phi) is 2.85. The SMILES string of the molecule is c1cncc(-c2cnc(C3COCCN3)[nH]2)c1. The van der Waals surface area contributed by atoms with Gasteiger partial charge in [-0.05, 0) is 12.1 Å². The van der Waals surface area contributed by atoms with Crippen molar-refractivity contribution in [1.82, 2.24) is 20.3 Å². The number of ether oxygens (including phenoxy) is 1. The van der Waals surface area contributed by atoms with Crippen molar-refractivity contribution in [2.75, 3.05) is 19.8 Å². The highest BCUT2D eigenvalue weighted by Gasteiger charge is 2.18. The van der Waals surface area contributed by atoms with Crippen molar-refractivity contribution < 1.29 is 4.74 Å². The second kappa shape index (κ2) is 4.65. The summed E-state index contributed by atoms with van der Waals surface area (Å²) in [7, 11) is 0. The molecule has 0 saturated carbocycles. The molecular weight excluding hydrogens is 216 g/mol. The fraction of sp³-hybridized carbons (Fsp3) is 0.333. The van der Waals surface area contributed by atoms with E-state index in [4.69, 9.17) is 4.74 Å². The van der Waals surface area contributed by atoms with Gasteiger partial charge in [0.25, 0.3) is 0 Å². The minimum absolute atomic E-state index is 0.161. The predicted molar refractivity (Wildman–Crippen MR) is 63.4 cm³/mol. The quantitative estimate of drug-likeness (QED) is 0.812. The summed E-state index contributed by atoms with van der Waals surface area (Å²) in [5, 5.41) is 3.37. The molecule has 0 amide bonds. The first-order chi connectivity index (χ1) is 8.43. The first-order valence-electron chi connectivity index (χ1n) is 5.70. The molecule has 3 heterocycles. The van der Waals surface area contributed by atoms with Gasteiger partial charge in [0.15, 0.2) is 0 Å². The van der Waals surface area contributed by atoms with Gasteiger partial charge in [0.2, 0.25) is 0 Å². The van der Waals surface area contributed by atoms with Crippen LogP contribution in [0.15, 0.2) is 30.7 Å². The van der Waals surface area contributed by atoms with Gasteiger partial charge in [-0.2, -0.15) is 0 Å². The number of nitrogens with one attached hydrogen (secondary N) is 2. The summed E-state index contributed by atoms with van der Waals surface area (Å²) in [5.41, 5.74) is 2.03. The third-order valence-electron chi connectivity index (χ3n) is 2.82. The number of aromatic amines is 1. The van der Waals surface area contributed by atoms with Gasteiger partial charge >= 0.3 is 0 Å². The van der Waals surface area contributed by atoms with Crippen molar-refractivity contribution in [2.24, 2.45) is 0 Å². The summed E-state index contributed by atoms with van der Waals surface area (Å²) in [5.74, 6) is 0.920. The number of imidazole rings is 1. The number of pyridine rings is 1. The molecule has 2 aromatic heterocycles. The van der Waals surface area contributed by atoms with E-state index in [0.29, 0.717) is 6.61 Å². The summed E-state index contributed by atoms with van der Waals surface area (Å²) in [6.45, 7) is 2.31. The van der Waals surface area contributed by atoms with E-state index >= 15 is 0 Å². The van der Waals surface area contributed by atoms with Gasteiger partial charge in [0, 0.05) is 24.5 Å². The molecule has 2 aromatic rings. The second-order valence-electron chi connectivity index (χ2n) is 4.01. The molecule has 5 heteroatoms. The van der Waals surface area contributed by atoms with Crippen molar-refractivity contribution in [2.45, 2.75) is 6.04 Å². The Morgan fingerprint density at radius 3 is 3.12 bits per heavy atom. The Balaban J connectivity index is 1.83. The first kappa shape index (κ1) is 10.4. The number of nitrogens with zero attached hydrogens (tertiary/aromatic N) is 2. The van der Waals surface area contributed by atoms with Crippen LogP contribution in [-0.4, -0.2) is 34.7 Å². The Hall–Kier alpha value is -1.72. The third-order valence-corrected chi connectivity index (χ3v) is 2.82. The molecule has 3 rings (SSSR count). The molecule has 88 valence electrons. The summed E-state index contributed by atoms with van der Waals surface area (Å²) in [4.78, 5) is 11.8. The molecule has 2 N–H and O–H groups in total. The minimum Gasteiger partial charge on any atom is -0.378 e. The zero-order chi connectivity index (χ0) is 11.5. The molecule has 17 heavy (non-hydrogen) atoms. The molecule has 0 bridgehead atoms. The number of morpholine rings is 1. The summed E-state index contributed by atoms with van der Waals surface area (Å²) >= 11 is 0. The van der Waals surface area contributed by atoms with Crippen LogP contribution in [0.4, 0.5) is 0 Å². The largest absolute Gasteiger partial charge is 0.378 e. The van der Waals surface area contributed by atoms with Crippen LogP contribution in [0.1, 0.15) is 11.9 Å². The van der Waals surface area contributed by atoms with Crippen LogP contribution < -0.4 is 5.32 Å². The average molecular weight is 230 g/mol. The fourth-order valence-electron chi connectivity index (χ4n) is 1.92. The monoisotopic (exact) mass is 230 g/mol. The third kappa shape index (κ3) is 2.20. The van der Waals surface area contributed by atoms with E-state index in [1.54, 1.807) is 6.20 Å². The molecule has 1 fully saturated rings. The number of hydrogen-bond acceptors (Lipinski definition) is 4. The standard InChI is InChI=1S/C12H14N4O/c1-2-9(6-13-3-1)10-7-15-12(16-10)11-8-17-5-4-14-11/h1-3,6-7,11,14H,4-5,8H2,(H,15,16). The minimum atomic E-state index is 0.161. The van der Waals surface area contributed by atoms with Crippen molar-refractivity contribution >= 4 is 0 Å². The summed E-state index contributed by atoms with van der Waals surface area (Å²) < 4.78 is 5.42. The van der Waals surface area contributed by atoms with Crippen LogP contribution in [0.3, 0.4) is 0 Å². The number of hydrogen-bond donors (Lipinski definition) is 2. The van der Waals surface area contributed by atoms with Crippen molar-refractivity contribution in [3.8, 4) is 11.3 Å². The molecule has 0 aromatic carbocycles. The lowest BCUT2D eigenvalue weighted by Gasteiger charge is -2.21. The Labute approximate surface area is 99.3 Å². The Morgan fingerprint density at radius 2 is 2.35 bits per heavy atom. The van der Waals surface area contributed by atoms with E-state index < -0.39 is 0 Å². The van der Waals surface area contributed by atoms with Crippen molar-refractivity contribution in [3.63, 3.8) is 0 Å². The molecule has 1 aliphatic rings. The Morgan fingerprint density at radius 1 is 1.35 bits per heavy atom. The molecule has 0 radical (unpaired) electrons. The smallest absolute Gasteiger partial charge is 0.126 e. The molecular formula is C12H14N4O.